The molecule has 0 saturated carbocycles. The second-order valence-corrected chi connectivity index (χ2v) is 4.45. The summed E-state index contributed by atoms with van der Waals surface area (Å²) in [6.07, 6.45) is 0. The van der Waals surface area contributed by atoms with Gasteiger partial charge in [-0.25, -0.2) is 4.79 Å². The highest BCUT2D eigenvalue weighted by molar-refractivity contribution is 5.95. The highest BCUT2D eigenvalue weighted by Crippen LogP contribution is 2.17. The molecule has 0 aliphatic carbocycles. The van der Waals surface area contributed by atoms with Crippen LogP contribution in [0, 0.1) is 0 Å². The van der Waals surface area contributed by atoms with Crippen LogP contribution in [0.1, 0.15) is 26.3 Å². The first kappa shape index (κ1) is 14.6. The molecule has 3 N–H and O–H groups in total. The van der Waals surface area contributed by atoms with Crippen LogP contribution in [-0.4, -0.2) is 19.0 Å². The third kappa shape index (κ3) is 3.60. The van der Waals surface area contributed by atoms with E-state index in [-0.39, 0.29) is 5.97 Å². The van der Waals surface area contributed by atoms with Crippen molar-refractivity contribution in [3.05, 3.63) is 65.2 Å². The van der Waals surface area contributed by atoms with Crippen molar-refractivity contribution in [2.75, 3.05) is 12.4 Å². The fourth-order valence-electron chi connectivity index (χ4n) is 1.91. The van der Waals surface area contributed by atoms with E-state index in [1.165, 1.54) is 7.11 Å². The Morgan fingerprint density at radius 1 is 1.10 bits per heavy atom. The lowest BCUT2D eigenvalue weighted by atomic mass is 10.1. The molecule has 108 valence electrons. The summed E-state index contributed by atoms with van der Waals surface area (Å²) >= 11 is 0. The monoisotopic (exact) mass is 284 g/mol. The molecule has 0 aliphatic rings. The fourth-order valence-corrected chi connectivity index (χ4v) is 1.91. The number of carbonyl (C=O) groups excluding carboxylic acids is 2. The molecule has 2 aromatic rings. The maximum atomic E-state index is 11.7. The summed E-state index contributed by atoms with van der Waals surface area (Å²) in [5.41, 5.74) is 7.81. The molecule has 5 heteroatoms. The zero-order valence-corrected chi connectivity index (χ0v) is 11.6. The molecule has 0 radical (unpaired) electrons. The molecule has 0 heterocycles. The lowest BCUT2D eigenvalue weighted by Gasteiger charge is -2.10. The Morgan fingerprint density at radius 3 is 2.38 bits per heavy atom. The summed E-state index contributed by atoms with van der Waals surface area (Å²) in [4.78, 5) is 22.7. The largest absolute Gasteiger partial charge is 0.465 e. The molecule has 0 bridgehead atoms. The maximum Gasteiger partial charge on any atom is 0.339 e. The Morgan fingerprint density at radius 2 is 1.76 bits per heavy atom. The first-order valence-corrected chi connectivity index (χ1v) is 6.42. The Balaban J connectivity index is 2.09. The molecule has 5 nitrogen and oxygen atoms in total. The molecule has 1 amide bonds. The summed E-state index contributed by atoms with van der Waals surface area (Å²) in [6.45, 7) is 0.521. The Bertz CT molecular complexity index is 651. The summed E-state index contributed by atoms with van der Waals surface area (Å²) in [5, 5.41) is 3.18. The number of hydrogen-bond acceptors (Lipinski definition) is 4. The maximum absolute atomic E-state index is 11.7. The predicted octanol–water partition coefficient (Wildman–Crippen LogP) is 2.18. The van der Waals surface area contributed by atoms with Gasteiger partial charge in [-0.05, 0) is 29.8 Å². The van der Waals surface area contributed by atoms with Crippen LogP contribution in [0.2, 0.25) is 0 Å². The number of nitrogens with two attached hydrogens (primary N) is 1. The number of benzene rings is 2. The zero-order valence-electron chi connectivity index (χ0n) is 11.6. The molecule has 0 spiro atoms. The first-order valence-electron chi connectivity index (χ1n) is 6.42. The van der Waals surface area contributed by atoms with E-state index in [1.54, 1.807) is 24.3 Å². The van der Waals surface area contributed by atoms with Crippen molar-refractivity contribution in [3.63, 3.8) is 0 Å². The van der Waals surface area contributed by atoms with Crippen LogP contribution >= 0.6 is 0 Å². The van der Waals surface area contributed by atoms with Gasteiger partial charge in [0, 0.05) is 17.8 Å². The molecule has 0 saturated heterocycles. The fraction of sp³-hybridized carbons (Fsp3) is 0.125. The topological polar surface area (TPSA) is 81.4 Å². The van der Waals surface area contributed by atoms with E-state index in [2.05, 4.69) is 5.32 Å². The van der Waals surface area contributed by atoms with Gasteiger partial charge < -0.3 is 15.8 Å². The summed E-state index contributed by atoms with van der Waals surface area (Å²) in [6, 6.07) is 14.1. The van der Waals surface area contributed by atoms with Crippen molar-refractivity contribution in [1.29, 1.82) is 0 Å². The van der Waals surface area contributed by atoms with Gasteiger partial charge in [-0.15, -0.1) is 0 Å². The first-order chi connectivity index (χ1) is 10.1. The van der Waals surface area contributed by atoms with E-state index >= 15 is 0 Å². The van der Waals surface area contributed by atoms with Gasteiger partial charge in [0.1, 0.15) is 0 Å². The van der Waals surface area contributed by atoms with Gasteiger partial charge in [-0.3, -0.25) is 4.79 Å². The molecule has 0 aliphatic heterocycles. The highest BCUT2D eigenvalue weighted by Gasteiger charge is 2.10. The zero-order chi connectivity index (χ0) is 15.2. The van der Waals surface area contributed by atoms with Crippen LogP contribution in [0.5, 0.6) is 0 Å². The van der Waals surface area contributed by atoms with Gasteiger partial charge in [0.2, 0.25) is 5.91 Å². The Hall–Kier alpha value is -2.82. The van der Waals surface area contributed by atoms with Crippen LogP contribution in [-0.2, 0) is 11.3 Å². The second-order valence-electron chi connectivity index (χ2n) is 4.45. The smallest absolute Gasteiger partial charge is 0.339 e. The van der Waals surface area contributed by atoms with Crippen molar-refractivity contribution in [2.45, 2.75) is 6.54 Å². The highest BCUT2D eigenvalue weighted by atomic mass is 16.5. The van der Waals surface area contributed by atoms with E-state index in [0.29, 0.717) is 23.4 Å². The van der Waals surface area contributed by atoms with Crippen molar-refractivity contribution >= 4 is 17.6 Å². The minimum absolute atomic E-state index is 0.387. The minimum atomic E-state index is -0.453. The number of rotatable bonds is 5. The molecular formula is C16H16N2O3. The summed E-state index contributed by atoms with van der Waals surface area (Å²) < 4.78 is 4.74. The van der Waals surface area contributed by atoms with Crippen molar-refractivity contribution in [1.82, 2.24) is 0 Å². The quantitative estimate of drug-likeness (QED) is 0.825. The number of esters is 1. The molecule has 21 heavy (non-hydrogen) atoms. The number of para-hydroxylation sites is 1. The number of ether oxygens (including phenoxy) is 1. The molecule has 2 rings (SSSR count). The van der Waals surface area contributed by atoms with E-state index in [1.807, 2.05) is 24.3 Å². The van der Waals surface area contributed by atoms with Crippen molar-refractivity contribution in [3.8, 4) is 0 Å². The van der Waals surface area contributed by atoms with Gasteiger partial charge in [-0.2, -0.15) is 0 Å². The van der Waals surface area contributed by atoms with Crippen LogP contribution in [0.25, 0.3) is 0 Å². The average molecular weight is 284 g/mol. The molecule has 0 fully saturated rings. The molecule has 2 aromatic carbocycles. The van der Waals surface area contributed by atoms with Crippen molar-refractivity contribution < 1.29 is 14.3 Å². The average Bonchev–Trinajstić information content (AvgIpc) is 2.52. The molecule has 0 unspecified atom stereocenters. The number of carbonyl (C=O) groups is 2. The standard InChI is InChI=1S/C16H16N2O3/c1-21-16(20)13-4-2-3-5-14(13)18-10-11-6-8-12(9-7-11)15(17)19/h2-9,18H,10H2,1H3,(H2,17,19). The van der Waals surface area contributed by atoms with Crippen LogP contribution in [0.4, 0.5) is 5.69 Å². The normalized spacial score (nSPS) is 9.95. The van der Waals surface area contributed by atoms with Gasteiger partial charge in [0.25, 0.3) is 0 Å². The van der Waals surface area contributed by atoms with Gasteiger partial charge in [0.05, 0.1) is 12.7 Å². The summed E-state index contributed by atoms with van der Waals surface area (Å²) in [7, 11) is 1.35. The van der Waals surface area contributed by atoms with Crippen LogP contribution in [0.15, 0.2) is 48.5 Å². The number of hydrogen-bond donors (Lipinski definition) is 2. The van der Waals surface area contributed by atoms with Gasteiger partial charge in [0.15, 0.2) is 0 Å². The summed E-state index contributed by atoms with van der Waals surface area (Å²) in [5.74, 6) is -0.840. The van der Waals surface area contributed by atoms with E-state index in [9.17, 15) is 9.59 Å². The predicted molar refractivity (Wildman–Crippen MR) is 80.1 cm³/mol. The van der Waals surface area contributed by atoms with E-state index in [0.717, 1.165) is 5.56 Å². The SMILES string of the molecule is COC(=O)c1ccccc1NCc1ccc(C(N)=O)cc1. The van der Waals surface area contributed by atoms with Gasteiger partial charge >= 0.3 is 5.97 Å². The van der Waals surface area contributed by atoms with Crippen molar-refractivity contribution in [2.24, 2.45) is 5.73 Å². The number of anilines is 1. The lowest BCUT2D eigenvalue weighted by molar-refractivity contribution is 0.0601. The lowest BCUT2D eigenvalue weighted by Crippen LogP contribution is -2.11. The second kappa shape index (κ2) is 6.56. The number of nitrogens with one attached hydrogen (secondary N) is 1. The number of primary amides is 1. The number of amides is 1. The minimum Gasteiger partial charge on any atom is -0.465 e. The third-order valence-corrected chi connectivity index (χ3v) is 3.05. The molecule has 0 aromatic heterocycles. The third-order valence-electron chi connectivity index (χ3n) is 3.05. The van der Waals surface area contributed by atoms with E-state index in [4.69, 9.17) is 10.5 Å². The number of methoxy groups -OCH3 is 1. The molecular weight excluding hydrogens is 268 g/mol. The molecule has 0 atom stereocenters. The van der Waals surface area contributed by atoms with Crippen LogP contribution in [0.3, 0.4) is 0 Å². The Labute approximate surface area is 122 Å². The Kier molecular flexibility index (Phi) is 4.56. The van der Waals surface area contributed by atoms with E-state index < -0.39 is 5.91 Å². The van der Waals surface area contributed by atoms with Gasteiger partial charge in [-0.1, -0.05) is 24.3 Å². The van der Waals surface area contributed by atoms with Crippen LogP contribution < -0.4 is 11.1 Å².